The lowest BCUT2D eigenvalue weighted by molar-refractivity contribution is 0.465. The predicted molar refractivity (Wildman–Crippen MR) is 72.6 cm³/mol. The fourth-order valence-corrected chi connectivity index (χ4v) is 2.01. The Balaban J connectivity index is 2.38. The van der Waals surface area contributed by atoms with Crippen molar-refractivity contribution in [2.24, 2.45) is 0 Å². The maximum Gasteiger partial charge on any atom is 0.244 e. The number of pyridine rings is 1. The number of anilines is 1. The molecular formula is C12H7BrClN3O. The molecule has 0 fully saturated rings. The number of nitrogen functional groups attached to an aromatic ring is 1. The van der Waals surface area contributed by atoms with Gasteiger partial charge in [0.05, 0.1) is 10.6 Å². The monoisotopic (exact) mass is 323 g/mol. The molecule has 2 aromatic rings. The van der Waals surface area contributed by atoms with Crippen molar-refractivity contribution in [3.05, 3.63) is 45.5 Å². The van der Waals surface area contributed by atoms with Crippen LogP contribution in [0.1, 0.15) is 5.56 Å². The summed E-state index contributed by atoms with van der Waals surface area (Å²) < 4.78 is 6.34. The highest BCUT2D eigenvalue weighted by atomic mass is 79.9. The van der Waals surface area contributed by atoms with Crippen LogP contribution in [0.4, 0.5) is 5.69 Å². The van der Waals surface area contributed by atoms with Gasteiger partial charge in [0.25, 0.3) is 0 Å². The number of halogens is 2. The lowest BCUT2D eigenvalue weighted by Crippen LogP contribution is -1.98. The van der Waals surface area contributed by atoms with Crippen molar-refractivity contribution in [3.8, 4) is 17.7 Å². The van der Waals surface area contributed by atoms with E-state index in [4.69, 9.17) is 27.3 Å². The second-order valence-corrected chi connectivity index (χ2v) is 4.69. The fourth-order valence-electron chi connectivity index (χ4n) is 1.29. The van der Waals surface area contributed by atoms with Crippen molar-refractivity contribution < 1.29 is 4.74 Å². The Bertz CT molecular complexity index is 640. The highest BCUT2D eigenvalue weighted by molar-refractivity contribution is 9.10. The summed E-state index contributed by atoms with van der Waals surface area (Å²) in [7, 11) is 0. The van der Waals surface area contributed by atoms with Crippen molar-refractivity contribution in [3.63, 3.8) is 0 Å². The first-order valence-electron chi connectivity index (χ1n) is 4.89. The largest absolute Gasteiger partial charge is 0.435 e. The Hall–Kier alpha value is -1.77. The first-order chi connectivity index (χ1) is 8.61. The number of hydrogen-bond donors (Lipinski definition) is 1. The van der Waals surface area contributed by atoms with Gasteiger partial charge in [0, 0.05) is 10.7 Å². The van der Waals surface area contributed by atoms with Crippen LogP contribution in [0.3, 0.4) is 0 Å². The fraction of sp³-hybridized carbons (Fsp3) is 0. The maximum absolute atomic E-state index is 8.85. The molecule has 4 nitrogen and oxygen atoms in total. The molecule has 0 atom stereocenters. The van der Waals surface area contributed by atoms with Crippen LogP contribution >= 0.6 is 27.5 Å². The predicted octanol–water partition coefficient (Wildman–Crippen LogP) is 3.74. The van der Waals surface area contributed by atoms with Gasteiger partial charge >= 0.3 is 0 Å². The average molecular weight is 325 g/mol. The molecule has 0 spiro atoms. The van der Waals surface area contributed by atoms with Crippen molar-refractivity contribution >= 4 is 33.2 Å². The number of nitrogens with zero attached hydrogens (tertiary/aromatic N) is 2. The number of aromatic nitrogens is 1. The standard InChI is InChI=1S/C12H7BrClN3O/c13-8-1-2-10(9(14)5-8)18-12-11(16)7(6-15)3-4-17-12/h1-5H,16H2. The molecule has 2 N–H and O–H groups in total. The summed E-state index contributed by atoms with van der Waals surface area (Å²) in [5.74, 6) is 0.590. The molecule has 90 valence electrons. The van der Waals surface area contributed by atoms with Crippen LogP contribution in [0.25, 0.3) is 0 Å². The Morgan fingerprint density at radius 3 is 2.83 bits per heavy atom. The van der Waals surface area contributed by atoms with Crippen molar-refractivity contribution in [1.29, 1.82) is 5.26 Å². The molecule has 0 aliphatic heterocycles. The number of nitrogens with two attached hydrogens (primary N) is 1. The number of hydrogen-bond acceptors (Lipinski definition) is 4. The van der Waals surface area contributed by atoms with E-state index < -0.39 is 0 Å². The van der Waals surface area contributed by atoms with Crippen LogP contribution in [-0.4, -0.2) is 4.98 Å². The van der Waals surface area contributed by atoms with Gasteiger partial charge in [-0.25, -0.2) is 4.98 Å². The van der Waals surface area contributed by atoms with Gasteiger partial charge in [-0.05, 0) is 24.3 Å². The smallest absolute Gasteiger partial charge is 0.244 e. The molecule has 0 unspecified atom stereocenters. The van der Waals surface area contributed by atoms with Crippen LogP contribution in [0, 0.1) is 11.3 Å². The Morgan fingerprint density at radius 2 is 2.17 bits per heavy atom. The lowest BCUT2D eigenvalue weighted by Gasteiger charge is -2.09. The Morgan fingerprint density at radius 1 is 1.39 bits per heavy atom. The van der Waals surface area contributed by atoms with Crippen LogP contribution < -0.4 is 10.5 Å². The van der Waals surface area contributed by atoms with Gasteiger partial charge < -0.3 is 10.5 Å². The minimum atomic E-state index is 0.165. The molecule has 0 aliphatic rings. The van der Waals surface area contributed by atoms with Crippen molar-refractivity contribution in [2.45, 2.75) is 0 Å². The molecule has 0 amide bonds. The quantitative estimate of drug-likeness (QED) is 0.913. The Kier molecular flexibility index (Phi) is 3.70. The van der Waals surface area contributed by atoms with E-state index in [1.807, 2.05) is 6.07 Å². The first kappa shape index (κ1) is 12.7. The zero-order valence-corrected chi connectivity index (χ0v) is 11.4. The van der Waals surface area contributed by atoms with Gasteiger partial charge in [-0.1, -0.05) is 27.5 Å². The highest BCUT2D eigenvalue weighted by Crippen LogP contribution is 2.33. The van der Waals surface area contributed by atoms with Gasteiger partial charge in [0.1, 0.15) is 17.5 Å². The molecule has 0 saturated carbocycles. The number of ether oxygens (including phenoxy) is 1. The minimum Gasteiger partial charge on any atom is -0.435 e. The molecule has 0 bridgehead atoms. The summed E-state index contributed by atoms with van der Waals surface area (Å²) >= 11 is 9.31. The van der Waals surface area contributed by atoms with E-state index in [0.29, 0.717) is 16.3 Å². The summed E-state index contributed by atoms with van der Waals surface area (Å²) in [6.07, 6.45) is 1.46. The molecule has 1 heterocycles. The molecule has 18 heavy (non-hydrogen) atoms. The topological polar surface area (TPSA) is 71.9 Å². The zero-order chi connectivity index (χ0) is 13.1. The first-order valence-corrected chi connectivity index (χ1v) is 6.06. The summed E-state index contributed by atoms with van der Waals surface area (Å²) in [5, 5.41) is 9.28. The van der Waals surface area contributed by atoms with E-state index in [1.165, 1.54) is 12.3 Å². The van der Waals surface area contributed by atoms with E-state index >= 15 is 0 Å². The number of rotatable bonds is 2. The molecule has 0 radical (unpaired) electrons. The van der Waals surface area contributed by atoms with Gasteiger partial charge in [-0.15, -0.1) is 0 Å². The molecule has 2 rings (SSSR count). The minimum absolute atomic E-state index is 0.165. The average Bonchev–Trinajstić information content (AvgIpc) is 2.35. The van der Waals surface area contributed by atoms with E-state index in [-0.39, 0.29) is 11.6 Å². The molecule has 6 heteroatoms. The zero-order valence-electron chi connectivity index (χ0n) is 9.02. The summed E-state index contributed by atoms with van der Waals surface area (Å²) in [4.78, 5) is 3.98. The molecule has 1 aromatic carbocycles. The Labute approximate surface area is 117 Å². The van der Waals surface area contributed by atoms with Crippen LogP contribution in [0.2, 0.25) is 5.02 Å². The molecular weight excluding hydrogens is 318 g/mol. The summed E-state index contributed by atoms with van der Waals surface area (Å²) in [6.45, 7) is 0. The lowest BCUT2D eigenvalue weighted by atomic mass is 10.2. The number of nitriles is 1. The molecule has 1 aromatic heterocycles. The van der Waals surface area contributed by atoms with E-state index in [9.17, 15) is 0 Å². The second-order valence-electron chi connectivity index (χ2n) is 3.37. The second kappa shape index (κ2) is 5.25. The van der Waals surface area contributed by atoms with Gasteiger partial charge in [-0.2, -0.15) is 5.26 Å². The van der Waals surface area contributed by atoms with Crippen LogP contribution in [0.5, 0.6) is 11.6 Å². The summed E-state index contributed by atoms with van der Waals surface area (Å²) in [6, 6.07) is 8.64. The molecule has 0 saturated heterocycles. The van der Waals surface area contributed by atoms with E-state index in [2.05, 4.69) is 20.9 Å². The third kappa shape index (κ3) is 2.55. The SMILES string of the molecule is N#Cc1ccnc(Oc2ccc(Br)cc2Cl)c1N. The van der Waals surface area contributed by atoms with Gasteiger partial charge in [-0.3, -0.25) is 0 Å². The number of benzene rings is 1. The third-order valence-electron chi connectivity index (χ3n) is 2.17. The molecule has 0 aliphatic carbocycles. The van der Waals surface area contributed by atoms with Gasteiger partial charge in [0.15, 0.2) is 0 Å². The van der Waals surface area contributed by atoms with Gasteiger partial charge in [0.2, 0.25) is 5.88 Å². The van der Waals surface area contributed by atoms with Crippen molar-refractivity contribution in [2.75, 3.05) is 5.73 Å². The summed E-state index contributed by atoms with van der Waals surface area (Å²) in [5.41, 5.74) is 6.27. The maximum atomic E-state index is 8.85. The van der Waals surface area contributed by atoms with Crippen LogP contribution in [-0.2, 0) is 0 Å². The van der Waals surface area contributed by atoms with Crippen LogP contribution in [0.15, 0.2) is 34.9 Å². The highest BCUT2D eigenvalue weighted by Gasteiger charge is 2.10. The van der Waals surface area contributed by atoms with E-state index in [1.54, 1.807) is 18.2 Å². The normalized spacial score (nSPS) is 9.83. The third-order valence-corrected chi connectivity index (χ3v) is 2.96. The van der Waals surface area contributed by atoms with E-state index in [0.717, 1.165) is 4.47 Å². The van der Waals surface area contributed by atoms with Crippen molar-refractivity contribution in [1.82, 2.24) is 4.98 Å².